The number of nitrogens with one attached hydrogen (secondary N) is 1. The van der Waals surface area contributed by atoms with Gasteiger partial charge in [0.1, 0.15) is 0 Å². The zero-order chi connectivity index (χ0) is 6.28. The van der Waals surface area contributed by atoms with Gasteiger partial charge in [-0.3, -0.25) is 4.79 Å². The summed E-state index contributed by atoms with van der Waals surface area (Å²) in [5.41, 5.74) is 0. The molecule has 3 heteroatoms. The van der Waals surface area contributed by atoms with E-state index >= 15 is 0 Å². The van der Waals surface area contributed by atoms with Crippen LogP contribution >= 0.6 is 0 Å². The topological polar surface area (TPSA) is 43.8 Å². The van der Waals surface area contributed by atoms with E-state index in [4.69, 9.17) is 10.2 Å². The van der Waals surface area contributed by atoms with E-state index in [0.29, 0.717) is 6.08 Å². The molecule has 0 unspecified atom stereocenters. The summed E-state index contributed by atoms with van der Waals surface area (Å²) in [7, 11) is 6.25. The monoisotopic (exact) mass is 102 g/mol. The number of carbonyl (C=O) groups excluding carboxylic acids is 1. The Morgan fingerprint density at radius 2 is 1.43 bits per heavy atom. The van der Waals surface area contributed by atoms with E-state index in [9.17, 15) is 0 Å². The van der Waals surface area contributed by atoms with Crippen molar-refractivity contribution < 1.29 is 9.69 Å². The first-order valence-corrected chi connectivity index (χ1v) is 1.93. The SMILES string of the molecule is C[NH+](C)C.[N-]=C=O. The minimum atomic E-state index is 0.500. The second-order valence-corrected chi connectivity index (χ2v) is 1.59. The Bertz CT molecular complexity index is 52.0. The summed E-state index contributed by atoms with van der Waals surface area (Å²) in [6.07, 6.45) is 0.500. The van der Waals surface area contributed by atoms with Gasteiger partial charge in [-0.1, -0.05) is 0 Å². The van der Waals surface area contributed by atoms with E-state index in [0.717, 1.165) is 0 Å². The maximum Gasteiger partial charge on any atom is 0.0661 e. The van der Waals surface area contributed by atoms with Crippen molar-refractivity contribution in [3.05, 3.63) is 5.41 Å². The van der Waals surface area contributed by atoms with Crippen molar-refractivity contribution in [1.29, 1.82) is 0 Å². The van der Waals surface area contributed by atoms with Crippen molar-refractivity contribution in [2.75, 3.05) is 21.1 Å². The van der Waals surface area contributed by atoms with Crippen LogP contribution in [0, 0.1) is 0 Å². The van der Waals surface area contributed by atoms with E-state index in [1.165, 1.54) is 4.90 Å². The average molecular weight is 102 g/mol. The number of nitrogens with zero attached hydrogens (tertiary/aromatic N) is 1. The fourth-order valence-corrected chi connectivity index (χ4v) is 0. The predicted octanol–water partition coefficient (Wildman–Crippen LogP) is -1.35. The molecule has 0 atom stereocenters. The molecule has 0 aliphatic carbocycles. The summed E-state index contributed by atoms with van der Waals surface area (Å²) in [6, 6.07) is 0. The fourth-order valence-electron chi connectivity index (χ4n) is 0. The first-order valence-electron chi connectivity index (χ1n) is 1.93. The molecule has 0 aromatic rings. The van der Waals surface area contributed by atoms with Crippen LogP contribution < -0.4 is 4.90 Å². The van der Waals surface area contributed by atoms with Crippen LogP contribution in [0.4, 0.5) is 0 Å². The Morgan fingerprint density at radius 3 is 1.43 bits per heavy atom. The summed E-state index contributed by atoms with van der Waals surface area (Å²) in [5.74, 6) is 0. The highest BCUT2D eigenvalue weighted by Crippen LogP contribution is 0.949. The van der Waals surface area contributed by atoms with Crippen molar-refractivity contribution in [3.8, 4) is 0 Å². The zero-order valence-electron chi connectivity index (χ0n) is 4.86. The molecule has 0 spiro atoms. The minimum absolute atomic E-state index is 0.500. The Kier molecular flexibility index (Phi) is 12.4. The van der Waals surface area contributed by atoms with Gasteiger partial charge < -0.3 is 10.3 Å². The van der Waals surface area contributed by atoms with Gasteiger partial charge in [0, 0.05) is 0 Å². The molecular formula is C4H10N2O. The summed E-state index contributed by atoms with van der Waals surface area (Å²) in [6.45, 7) is 0. The third-order valence-corrected chi connectivity index (χ3v) is 0. The highest BCUT2D eigenvalue weighted by Gasteiger charge is 1.61. The summed E-state index contributed by atoms with van der Waals surface area (Å²) in [4.78, 5) is 9.65. The van der Waals surface area contributed by atoms with Gasteiger partial charge in [-0.05, 0) is 6.08 Å². The quantitative estimate of drug-likeness (QED) is 0.298. The summed E-state index contributed by atoms with van der Waals surface area (Å²) in [5, 5.41) is 6.76. The molecule has 7 heavy (non-hydrogen) atoms. The van der Waals surface area contributed by atoms with Gasteiger partial charge in [0.05, 0.1) is 21.1 Å². The standard InChI is InChI=1S/C3H9N.CNO/c1-4(2)3;2-1-3/h1-3H3;/q;-1/p+1. The highest BCUT2D eigenvalue weighted by molar-refractivity contribution is 5.36. The number of hydrogen-bond donors (Lipinski definition) is 1. The molecule has 42 valence electrons. The smallest absolute Gasteiger partial charge is 0.0661 e. The molecule has 3 nitrogen and oxygen atoms in total. The van der Waals surface area contributed by atoms with Gasteiger partial charge in [0.25, 0.3) is 0 Å². The van der Waals surface area contributed by atoms with E-state index in [1.807, 2.05) is 0 Å². The Labute approximate surface area is 43.4 Å². The second-order valence-electron chi connectivity index (χ2n) is 1.59. The molecular weight excluding hydrogens is 92.1 g/mol. The number of isocyanates is 1. The zero-order valence-corrected chi connectivity index (χ0v) is 4.86. The van der Waals surface area contributed by atoms with Crippen LogP contribution in [0.1, 0.15) is 0 Å². The van der Waals surface area contributed by atoms with Crippen molar-refractivity contribution in [1.82, 2.24) is 0 Å². The molecule has 0 saturated heterocycles. The molecule has 0 radical (unpaired) electrons. The van der Waals surface area contributed by atoms with Crippen LogP contribution in [0.5, 0.6) is 0 Å². The van der Waals surface area contributed by atoms with Gasteiger partial charge in [-0.15, -0.1) is 0 Å². The minimum Gasteiger partial charge on any atom is -0.724 e. The van der Waals surface area contributed by atoms with Crippen molar-refractivity contribution in [2.45, 2.75) is 0 Å². The van der Waals surface area contributed by atoms with Crippen LogP contribution in [-0.2, 0) is 4.79 Å². The lowest BCUT2D eigenvalue weighted by Crippen LogP contribution is -3.02. The Balaban J connectivity index is 0. The molecule has 0 bridgehead atoms. The largest absolute Gasteiger partial charge is 0.724 e. The molecule has 0 amide bonds. The van der Waals surface area contributed by atoms with Crippen LogP contribution in [-0.4, -0.2) is 27.2 Å². The van der Waals surface area contributed by atoms with Gasteiger partial charge >= 0.3 is 0 Å². The molecule has 0 heterocycles. The van der Waals surface area contributed by atoms with Crippen LogP contribution in [0.2, 0.25) is 0 Å². The van der Waals surface area contributed by atoms with Gasteiger partial charge in [0.15, 0.2) is 0 Å². The maximum absolute atomic E-state index is 8.24. The summed E-state index contributed by atoms with van der Waals surface area (Å²) < 4.78 is 0. The molecule has 0 aromatic heterocycles. The first kappa shape index (κ1) is 9.60. The van der Waals surface area contributed by atoms with Crippen LogP contribution in [0.15, 0.2) is 0 Å². The first-order chi connectivity index (χ1) is 3.15. The summed E-state index contributed by atoms with van der Waals surface area (Å²) >= 11 is 0. The lowest BCUT2D eigenvalue weighted by atomic mass is 11.0. The van der Waals surface area contributed by atoms with Crippen molar-refractivity contribution >= 4 is 6.08 Å². The van der Waals surface area contributed by atoms with Crippen LogP contribution in [0.3, 0.4) is 0 Å². The molecule has 1 N–H and O–H groups in total. The van der Waals surface area contributed by atoms with E-state index in [2.05, 4.69) is 21.1 Å². The number of rotatable bonds is 0. The van der Waals surface area contributed by atoms with E-state index in [1.54, 1.807) is 0 Å². The van der Waals surface area contributed by atoms with Gasteiger partial charge in [0.2, 0.25) is 0 Å². The fraction of sp³-hybridized carbons (Fsp3) is 0.750. The highest BCUT2D eigenvalue weighted by atomic mass is 16.1. The molecule has 0 aromatic carbocycles. The molecule has 0 rings (SSSR count). The van der Waals surface area contributed by atoms with E-state index < -0.39 is 0 Å². The normalized spacial score (nSPS) is 6.29. The number of hydrogen-bond acceptors (Lipinski definition) is 1. The molecule has 0 fully saturated rings. The lowest BCUT2D eigenvalue weighted by Gasteiger charge is -1.88. The van der Waals surface area contributed by atoms with Crippen LogP contribution in [0.25, 0.3) is 5.41 Å². The molecule has 0 aliphatic rings. The van der Waals surface area contributed by atoms with Crippen molar-refractivity contribution in [3.63, 3.8) is 0 Å². The predicted molar refractivity (Wildman–Crippen MR) is 27.8 cm³/mol. The van der Waals surface area contributed by atoms with Gasteiger partial charge in [-0.25, -0.2) is 0 Å². The molecule has 0 saturated carbocycles. The van der Waals surface area contributed by atoms with Gasteiger partial charge in [-0.2, -0.15) is 0 Å². The second kappa shape index (κ2) is 9.02. The van der Waals surface area contributed by atoms with Crippen molar-refractivity contribution in [2.24, 2.45) is 0 Å². The third kappa shape index (κ3) is 137. The lowest BCUT2D eigenvalue weighted by molar-refractivity contribution is -0.836. The maximum atomic E-state index is 8.24. The average Bonchev–Trinajstić information content (AvgIpc) is 1.33. The Morgan fingerprint density at radius 1 is 1.43 bits per heavy atom. The number of quaternary nitrogens is 1. The Hall–Kier alpha value is -0.660. The van der Waals surface area contributed by atoms with E-state index in [-0.39, 0.29) is 0 Å². The molecule has 0 aliphatic heterocycles. The third-order valence-electron chi connectivity index (χ3n) is 0.